The van der Waals surface area contributed by atoms with Crippen molar-refractivity contribution in [1.29, 1.82) is 0 Å². The summed E-state index contributed by atoms with van der Waals surface area (Å²) in [5.41, 5.74) is 6.30. The van der Waals surface area contributed by atoms with Gasteiger partial charge in [0.1, 0.15) is 11.2 Å². The third kappa shape index (κ3) is 4.11. The molecular weight excluding hydrogens is 472 g/mol. The van der Waals surface area contributed by atoms with Crippen molar-refractivity contribution in [3.63, 3.8) is 0 Å². The lowest BCUT2D eigenvalue weighted by Crippen LogP contribution is -2.13. The minimum Gasteiger partial charge on any atom is -0.335 e. The van der Waals surface area contributed by atoms with Crippen LogP contribution in [0.3, 0.4) is 0 Å². The molecular formula is C26H22N8OS. The number of thiophene rings is 1. The van der Waals surface area contributed by atoms with E-state index in [1.165, 1.54) is 0 Å². The molecule has 0 aliphatic carbocycles. The van der Waals surface area contributed by atoms with Gasteiger partial charge in [-0.1, -0.05) is 19.9 Å². The van der Waals surface area contributed by atoms with Crippen LogP contribution < -0.4 is 5.32 Å². The smallest absolute Gasteiger partial charge is 0.224 e. The van der Waals surface area contributed by atoms with Gasteiger partial charge in [-0.3, -0.25) is 24.8 Å². The zero-order valence-electron chi connectivity index (χ0n) is 19.6. The normalized spacial score (nSPS) is 11.5. The van der Waals surface area contributed by atoms with E-state index in [2.05, 4.69) is 41.5 Å². The van der Waals surface area contributed by atoms with Gasteiger partial charge in [-0.25, -0.2) is 4.98 Å². The molecule has 0 unspecified atom stereocenters. The number of H-pyrrole nitrogens is 2. The van der Waals surface area contributed by atoms with E-state index in [0.29, 0.717) is 23.6 Å². The summed E-state index contributed by atoms with van der Waals surface area (Å²) in [6, 6.07) is 7.91. The maximum atomic E-state index is 12.2. The number of hydrogen-bond donors (Lipinski definition) is 3. The molecule has 6 aromatic rings. The fourth-order valence-corrected chi connectivity index (χ4v) is 4.88. The lowest BCUT2D eigenvalue weighted by Gasteiger charge is -2.08. The van der Waals surface area contributed by atoms with Gasteiger partial charge in [0.2, 0.25) is 5.91 Å². The summed E-state index contributed by atoms with van der Waals surface area (Å²) in [6.45, 7) is 4.02. The molecule has 0 atom stereocenters. The monoisotopic (exact) mass is 494 g/mol. The van der Waals surface area contributed by atoms with Gasteiger partial charge in [0, 0.05) is 40.2 Å². The lowest BCUT2D eigenvalue weighted by molar-refractivity contribution is -0.116. The quantitative estimate of drug-likeness (QED) is 0.274. The maximum absolute atomic E-state index is 12.2. The number of aromatic amines is 2. The summed E-state index contributed by atoms with van der Waals surface area (Å²) in [5, 5.41) is 13.4. The van der Waals surface area contributed by atoms with Gasteiger partial charge >= 0.3 is 0 Å². The maximum Gasteiger partial charge on any atom is 0.224 e. The second-order valence-electron chi connectivity index (χ2n) is 8.94. The van der Waals surface area contributed by atoms with Crippen molar-refractivity contribution in [1.82, 2.24) is 35.1 Å². The van der Waals surface area contributed by atoms with Crippen LogP contribution in [-0.4, -0.2) is 41.0 Å². The first-order chi connectivity index (χ1) is 17.5. The van der Waals surface area contributed by atoms with Crippen LogP contribution in [0.4, 0.5) is 5.69 Å². The number of carbonyl (C=O) groups is 1. The molecule has 0 spiro atoms. The Kier molecular flexibility index (Phi) is 5.49. The van der Waals surface area contributed by atoms with Crippen molar-refractivity contribution < 1.29 is 4.79 Å². The molecule has 9 nitrogen and oxygen atoms in total. The van der Waals surface area contributed by atoms with E-state index in [4.69, 9.17) is 4.98 Å². The number of hydrogen-bond acceptors (Lipinski definition) is 7. The Labute approximate surface area is 210 Å². The molecule has 3 N–H and O–H groups in total. The summed E-state index contributed by atoms with van der Waals surface area (Å²) in [7, 11) is 0. The van der Waals surface area contributed by atoms with Crippen molar-refractivity contribution >= 4 is 44.9 Å². The molecule has 6 rings (SSSR count). The number of amides is 1. The van der Waals surface area contributed by atoms with Crippen molar-refractivity contribution in [3.8, 4) is 33.2 Å². The fraction of sp³-hybridized carbons (Fsp3) is 0.154. The molecule has 36 heavy (non-hydrogen) atoms. The van der Waals surface area contributed by atoms with E-state index in [9.17, 15) is 4.79 Å². The predicted octanol–water partition coefficient (Wildman–Crippen LogP) is 5.67. The highest BCUT2D eigenvalue weighted by Gasteiger charge is 2.17. The van der Waals surface area contributed by atoms with Gasteiger partial charge in [-0.05, 0) is 29.5 Å². The Hall–Kier alpha value is -4.44. The Morgan fingerprint density at radius 3 is 2.81 bits per heavy atom. The molecule has 0 aliphatic rings. The van der Waals surface area contributed by atoms with Gasteiger partial charge in [0.05, 0.1) is 41.0 Å². The van der Waals surface area contributed by atoms with Crippen LogP contribution in [0.25, 0.3) is 55.2 Å². The van der Waals surface area contributed by atoms with Crippen molar-refractivity contribution in [2.45, 2.75) is 20.3 Å². The van der Waals surface area contributed by atoms with E-state index in [1.54, 1.807) is 36.1 Å². The minimum absolute atomic E-state index is 0.0363. The first kappa shape index (κ1) is 22.1. The first-order valence-corrected chi connectivity index (χ1v) is 12.4. The molecule has 0 saturated heterocycles. The van der Waals surface area contributed by atoms with Crippen LogP contribution in [0.2, 0.25) is 0 Å². The molecule has 0 aromatic carbocycles. The van der Waals surface area contributed by atoms with Crippen LogP contribution in [-0.2, 0) is 4.79 Å². The molecule has 0 fully saturated rings. The summed E-state index contributed by atoms with van der Waals surface area (Å²) < 4.78 is 0. The van der Waals surface area contributed by atoms with E-state index >= 15 is 0 Å². The summed E-state index contributed by atoms with van der Waals surface area (Å²) in [5.74, 6) is 0.887. The molecule has 1 amide bonds. The summed E-state index contributed by atoms with van der Waals surface area (Å²) in [4.78, 5) is 34.8. The average Bonchev–Trinajstić information content (AvgIpc) is 3.62. The van der Waals surface area contributed by atoms with E-state index in [0.717, 1.165) is 43.6 Å². The van der Waals surface area contributed by atoms with Crippen LogP contribution in [0.5, 0.6) is 0 Å². The molecule has 0 saturated carbocycles. The van der Waals surface area contributed by atoms with E-state index in [-0.39, 0.29) is 11.8 Å². The number of rotatable bonds is 6. The molecule has 178 valence electrons. The first-order valence-electron chi connectivity index (χ1n) is 11.5. The number of carbonyl (C=O) groups excluding carboxylic acids is 1. The van der Waals surface area contributed by atoms with Crippen LogP contribution >= 0.6 is 11.3 Å². The Morgan fingerprint density at radius 1 is 1.08 bits per heavy atom. The SMILES string of the molecule is CC(C)CC(=O)Nc1cncc(-c2cc3c(-c4nc5c(-c6cccs6)cncc5[nH]4)n[nH]c3cn2)c1. The van der Waals surface area contributed by atoms with Gasteiger partial charge in [-0.2, -0.15) is 5.10 Å². The Bertz CT molecular complexity index is 1700. The van der Waals surface area contributed by atoms with Gasteiger partial charge < -0.3 is 10.3 Å². The molecule has 10 heteroatoms. The third-order valence-electron chi connectivity index (χ3n) is 5.76. The lowest BCUT2D eigenvalue weighted by atomic mass is 10.1. The number of nitrogens with zero attached hydrogens (tertiary/aromatic N) is 5. The Balaban J connectivity index is 1.38. The highest BCUT2D eigenvalue weighted by atomic mass is 32.1. The number of pyridine rings is 3. The van der Waals surface area contributed by atoms with Crippen LogP contribution in [0, 0.1) is 5.92 Å². The van der Waals surface area contributed by atoms with Crippen LogP contribution in [0.1, 0.15) is 20.3 Å². The highest BCUT2D eigenvalue weighted by molar-refractivity contribution is 7.13. The average molecular weight is 495 g/mol. The van der Waals surface area contributed by atoms with Crippen molar-refractivity contribution in [2.75, 3.05) is 5.32 Å². The second kappa shape index (κ2) is 8.97. The molecule has 6 heterocycles. The predicted molar refractivity (Wildman–Crippen MR) is 141 cm³/mol. The molecule has 6 aromatic heterocycles. The number of fused-ring (bicyclic) bond motifs is 2. The van der Waals surface area contributed by atoms with Gasteiger partial charge in [0.15, 0.2) is 5.82 Å². The van der Waals surface area contributed by atoms with Crippen molar-refractivity contribution in [2.24, 2.45) is 5.92 Å². The second-order valence-corrected chi connectivity index (χ2v) is 9.89. The van der Waals surface area contributed by atoms with Gasteiger partial charge in [0.25, 0.3) is 0 Å². The minimum atomic E-state index is -0.0363. The van der Waals surface area contributed by atoms with E-state index in [1.807, 2.05) is 43.6 Å². The number of imidazole rings is 1. The molecule has 0 aliphatic heterocycles. The summed E-state index contributed by atoms with van der Waals surface area (Å²) >= 11 is 1.65. The number of nitrogens with one attached hydrogen (secondary N) is 3. The third-order valence-corrected chi connectivity index (χ3v) is 6.67. The largest absolute Gasteiger partial charge is 0.335 e. The van der Waals surface area contributed by atoms with Gasteiger partial charge in [-0.15, -0.1) is 11.3 Å². The van der Waals surface area contributed by atoms with Crippen LogP contribution in [0.15, 0.2) is 60.6 Å². The summed E-state index contributed by atoms with van der Waals surface area (Å²) in [6.07, 6.45) is 9.17. The molecule has 0 radical (unpaired) electrons. The van der Waals surface area contributed by atoms with E-state index < -0.39 is 0 Å². The zero-order chi connectivity index (χ0) is 24.6. The molecule has 0 bridgehead atoms. The number of anilines is 1. The highest BCUT2D eigenvalue weighted by Crippen LogP contribution is 2.33. The Morgan fingerprint density at radius 2 is 1.97 bits per heavy atom. The van der Waals surface area contributed by atoms with Crippen molar-refractivity contribution in [3.05, 3.63) is 60.6 Å². The fourth-order valence-electron chi connectivity index (χ4n) is 4.14. The number of aromatic nitrogens is 7. The zero-order valence-corrected chi connectivity index (χ0v) is 20.4. The topological polar surface area (TPSA) is 125 Å². The standard InChI is InChI=1S/C26H22N8OS/c1-14(2)6-23(35)30-16-7-15(9-27-10-16)19-8-17-20(13-29-19)33-34-25(17)26-31-21-12-28-11-18(24(21)32-26)22-4-3-5-36-22/h3-5,7-14H,6H2,1-2H3,(H,30,35)(H,31,32)(H,33,34).